The van der Waals surface area contributed by atoms with Crippen molar-refractivity contribution < 1.29 is 27.4 Å². The Bertz CT molecular complexity index is 1460. The molecule has 5 rings (SSSR count). The fourth-order valence-electron chi connectivity index (χ4n) is 4.77. The summed E-state index contributed by atoms with van der Waals surface area (Å²) in [6.45, 7) is 4.32. The van der Waals surface area contributed by atoms with E-state index in [0.29, 0.717) is 49.8 Å². The fraction of sp³-hybridized carbons (Fsp3) is 0.258. The first-order valence-corrected chi connectivity index (χ1v) is 12.9. The van der Waals surface area contributed by atoms with Gasteiger partial charge in [-0.25, -0.2) is 0 Å². The Morgan fingerprint density at radius 3 is 2.33 bits per heavy atom. The van der Waals surface area contributed by atoms with Crippen molar-refractivity contribution in [2.24, 2.45) is 0 Å². The zero-order valence-corrected chi connectivity index (χ0v) is 21.6. The molecule has 0 saturated carbocycles. The third kappa shape index (κ3) is 6.11. The van der Waals surface area contributed by atoms with Crippen LogP contribution in [-0.4, -0.2) is 43.6 Å². The van der Waals surface area contributed by atoms with Gasteiger partial charge in [-0.1, -0.05) is 36.4 Å². The highest BCUT2D eigenvalue weighted by atomic mass is 19.4. The molecule has 0 atom stereocenters. The van der Waals surface area contributed by atoms with E-state index in [4.69, 9.17) is 9.47 Å². The molecule has 4 aromatic rings. The maximum atomic E-state index is 13.3. The second kappa shape index (κ2) is 11.3. The molecule has 0 unspecified atom stereocenters. The van der Waals surface area contributed by atoms with Crippen LogP contribution in [0, 0.1) is 0 Å². The number of halogens is 3. The lowest BCUT2D eigenvalue weighted by molar-refractivity contribution is -0.137. The van der Waals surface area contributed by atoms with Crippen LogP contribution in [0.5, 0.6) is 11.5 Å². The molecule has 1 fully saturated rings. The number of carbonyl (C=O) groups excluding carboxylic acids is 1. The first-order chi connectivity index (χ1) is 18.8. The number of nitrogens with zero attached hydrogens (tertiary/aromatic N) is 2. The second-order valence-corrected chi connectivity index (χ2v) is 9.38. The summed E-state index contributed by atoms with van der Waals surface area (Å²) in [5, 5.41) is 2.20. The second-order valence-electron chi connectivity index (χ2n) is 9.38. The van der Waals surface area contributed by atoms with E-state index in [1.807, 2.05) is 54.3 Å². The average molecular weight is 535 g/mol. The Morgan fingerprint density at radius 1 is 0.821 bits per heavy atom. The van der Waals surface area contributed by atoms with Crippen LogP contribution in [-0.2, 0) is 12.8 Å². The maximum Gasteiger partial charge on any atom is 0.416 e. The summed E-state index contributed by atoms with van der Waals surface area (Å²) in [6, 6.07) is 24.6. The molecule has 4 aromatic carbocycles. The highest BCUT2D eigenvalue weighted by molar-refractivity contribution is 5.94. The molecule has 5 nitrogen and oxygen atoms in total. The van der Waals surface area contributed by atoms with Gasteiger partial charge in [0, 0.05) is 43.0 Å². The minimum absolute atomic E-state index is 0.131. The lowest BCUT2D eigenvalue weighted by atomic mass is 10.1. The first kappa shape index (κ1) is 26.4. The molecule has 8 heteroatoms. The number of fused-ring (bicyclic) bond motifs is 1. The van der Waals surface area contributed by atoms with Crippen LogP contribution in [0.25, 0.3) is 10.8 Å². The SMILES string of the molecule is CCOc1ccc(C(=O)N2CCN(c3cccc(C(F)(F)F)c3)CC2)cc1COc1ccc2ccccc2c1. The van der Waals surface area contributed by atoms with E-state index in [1.54, 1.807) is 29.2 Å². The van der Waals surface area contributed by atoms with Crippen LogP contribution in [0.15, 0.2) is 84.9 Å². The van der Waals surface area contributed by atoms with Gasteiger partial charge in [-0.15, -0.1) is 0 Å². The molecule has 0 radical (unpaired) electrons. The van der Waals surface area contributed by atoms with Crippen molar-refractivity contribution in [1.82, 2.24) is 4.90 Å². The van der Waals surface area contributed by atoms with Crippen LogP contribution in [0.4, 0.5) is 18.9 Å². The summed E-state index contributed by atoms with van der Waals surface area (Å²) in [7, 11) is 0. The number of benzene rings is 4. The molecular formula is C31H29F3N2O3. The molecule has 0 aromatic heterocycles. The Hall–Kier alpha value is -4.20. The Labute approximate surface area is 225 Å². The number of ether oxygens (including phenoxy) is 2. The zero-order valence-electron chi connectivity index (χ0n) is 21.6. The zero-order chi connectivity index (χ0) is 27.4. The Kier molecular flexibility index (Phi) is 7.63. The summed E-state index contributed by atoms with van der Waals surface area (Å²) >= 11 is 0. The van der Waals surface area contributed by atoms with Crippen LogP contribution in [0.2, 0.25) is 0 Å². The fourth-order valence-corrected chi connectivity index (χ4v) is 4.77. The minimum Gasteiger partial charge on any atom is -0.493 e. The lowest BCUT2D eigenvalue weighted by Gasteiger charge is -2.36. The number of hydrogen-bond acceptors (Lipinski definition) is 4. The maximum absolute atomic E-state index is 13.3. The van der Waals surface area contributed by atoms with Gasteiger partial charge in [-0.3, -0.25) is 4.79 Å². The monoisotopic (exact) mass is 534 g/mol. The molecule has 1 amide bonds. The average Bonchev–Trinajstić information content (AvgIpc) is 2.96. The van der Waals surface area contributed by atoms with Crippen molar-refractivity contribution in [2.75, 3.05) is 37.7 Å². The molecule has 0 spiro atoms. The topological polar surface area (TPSA) is 42.0 Å². The van der Waals surface area contributed by atoms with Crippen LogP contribution >= 0.6 is 0 Å². The van der Waals surface area contributed by atoms with Gasteiger partial charge in [-0.05, 0) is 66.2 Å². The van der Waals surface area contributed by atoms with E-state index in [2.05, 4.69) is 0 Å². The van der Waals surface area contributed by atoms with Gasteiger partial charge in [0.05, 0.1) is 12.2 Å². The van der Waals surface area contributed by atoms with Crippen molar-refractivity contribution >= 4 is 22.4 Å². The number of hydrogen-bond donors (Lipinski definition) is 0. The van der Waals surface area contributed by atoms with E-state index in [9.17, 15) is 18.0 Å². The highest BCUT2D eigenvalue weighted by Gasteiger charge is 2.31. The smallest absolute Gasteiger partial charge is 0.416 e. The first-order valence-electron chi connectivity index (χ1n) is 12.9. The van der Waals surface area contributed by atoms with Crippen molar-refractivity contribution in [3.63, 3.8) is 0 Å². The van der Waals surface area contributed by atoms with Crippen molar-refractivity contribution in [1.29, 1.82) is 0 Å². The van der Waals surface area contributed by atoms with E-state index in [0.717, 1.165) is 34.2 Å². The third-order valence-electron chi connectivity index (χ3n) is 6.83. The predicted octanol–water partition coefficient (Wildman–Crippen LogP) is 6.80. The molecule has 1 aliphatic rings. The Balaban J connectivity index is 1.27. The number of piperazine rings is 1. The normalized spacial score (nSPS) is 13.9. The molecule has 1 saturated heterocycles. The molecule has 1 aliphatic heterocycles. The van der Waals surface area contributed by atoms with Gasteiger partial charge in [-0.2, -0.15) is 13.2 Å². The quantitative estimate of drug-likeness (QED) is 0.262. The molecular weight excluding hydrogens is 505 g/mol. The van der Waals surface area contributed by atoms with Gasteiger partial charge in [0.15, 0.2) is 0 Å². The summed E-state index contributed by atoms with van der Waals surface area (Å²) in [5.74, 6) is 1.25. The van der Waals surface area contributed by atoms with Gasteiger partial charge < -0.3 is 19.3 Å². The van der Waals surface area contributed by atoms with Crippen molar-refractivity contribution in [2.45, 2.75) is 19.7 Å². The van der Waals surface area contributed by atoms with Crippen molar-refractivity contribution in [3.05, 3.63) is 102 Å². The van der Waals surface area contributed by atoms with Gasteiger partial charge >= 0.3 is 6.18 Å². The number of alkyl halides is 3. The van der Waals surface area contributed by atoms with E-state index < -0.39 is 11.7 Å². The molecule has 0 aliphatic carbocycles. The summed E-state index contributed by atoms with van der Waals surface area (Å²) in [4.78, 5) is 17.0. The number of rotatable bonds is 7. The van der Waals surface area contributed by atoms with Crippen molar-refractivity contribution in [3.8, 4) is 11.5 Å². The van der Waals surface area contributed by atoms with Gasteiger partial charge in [0.2, 0.25) is 0 Å². The van der Waals surface area contributed by atoms with E-state index in [-0.39, 0.29) is 12.5 Å². The van der Waals surface area contributed by atoms with Gasteiger partial charge in [0.1, 0.15) is 18.1 Å². The van der Waals surface area contributed by atoms with Crippen LogP contribution < -0.4 is 14.4 Å². The summed E-state index contributed by atoms with van der Waals surface area (Å²) in [6.07, 6.45) is -4.39. The number of carbonyl (C=O) groups is 1. The number of anilines is 1. The minimum atomic E-state index is -4.39. The summed E-state index contributed by atoms with van der Waals surface area (Å²) in [5.41, 5.74) is 1.11. The standard InChI is InChI=1S/C31H29F3N2O3/c1-2-38-29-13-11-24(18-25(29)21-39-28-12-10-22-6-3-4-7-23(22)19-28)30(37)36-16-14-35(15-17-36)27-9-5-8-26(20-27)31(32,33)34/h3-13,18-20H,2,14-17,21H2,1H3. The highest BCUT2D eigenvalue weighted by Crippen LogP contribution is 2.32. The van der Waals surface area contributed by atoms with E-state index >= 15 is 0 Å². The predicted molar refractivity (Wildman–Crippen MR) is 145 cm³/mol. The molecule has 0 N–H and O–H groups in total. The molecule has 39 heavy (non-hydrogen) atoms. The van der Waals surface area contributed by atoms with E-state index in [1.165, 1.54) is 6.07 Å². The molecule has 202 valence electrons. The van der Waals surface area contributed by atoms with Crippen LogP contribution in [0.3, 0.4) is 0 Å². The molecule has 1 heterocycles. The van der Waals surface area contributed by atoms with Crippen LogP contribution in [0.1, 0.15) is 28.4 Å². The number of amides is 1. The molecule has 0 bridgehead atoms. The largest absolute Gasteiger partial charge is 0.493 e. The lowest BCUT2D eigenvalue weighted by Crippen LogP contribution is -2.48. The van der Waals surface area contributed by atoms with Gasteiger partial charge in [0.25, 0.3) is 5.91 Å². The summed E-state index contributed by atoms with van der Waals surface area (Å²) < 4.78 is 51.2. The third-order valence-corrected chi connectivity index (χ3v) is 6.83. The Morgan fingerprint density at radius 2 is 1.59 bits per heavy atom.